The van der Waals surface area contributed by atoms with E-state index < -0.39 is 5.63 Å². The summed E-state index contributed by atoms with van der Waals surface area (Å²) in [6, 6.07) is 14.4. The fourth-order valence-electron chi connectivity index (χ4n) is 2.49. The van der Waals surface area contributed by atoms with Gasteiger partial charge in [-0.3, -0.25) is 0 Å². The second kappa shape index (κ2) is 6.07. The van der Waals surface area contributed by atoms with E-state index in [1.807, 2.05) is 36.6 Å². The normalized spacial score (nSPS) is 10.9. The number of aromatic hydroxyl groups is 1. The summed E-state index contributed by atoms with van der Waals surface area (Å²) in [5.74, 6) is 0.0571. The molecule has 0 saturated heterocycles. The Labute approximate surface area is 147 Å². The number of nitrogens with one attached hydrogen (secondary N) is 1. The summed E-state index contributed by atoms with van der Waals surface area (Å²) in [7, 11) is 0. The maximum absolute atomic E-state index is 12.2. The SMILES string of the molecule is Cc1ccc(Nc2nc(-c3cc4ccc(O)cc4oc3=O)cs2)cc1. The molecule has 25 heavy (non-hydrogen) atoms. The van der Waals surface area contributed by atoms with Crippen LogP contribution in [0, 0.1) is 6.92 Å². The minimum Gasteiger partial charge on any atom is -0.508 e. The molecule has 0 aliphatic heterocycles. The fourth-order valence-corrected chi connectivity index (χ4v) is 3.22. The van der Waals surface area contributed by atoms with E-state index in [1.54, 1.807) is 18.2 Å². The van der Waals surface area contributed by atoms with Gasteiger partial charge < -0.3 is 14.8 Å². The first-order valence-electron chi connectivity index (χ1n) is 7.65. The number of fused-ring (bicyclic) bond motifs is 1. The van der Waals surface area contributed by atoms with Gasteiger partial charge in [0.25, 0.3) is 0 Å². The zero-order valence-electron chi connectivity index (χ0n) is 13.3. The lowest BCUT2D eigenvalue weighted by molar-refractivity contribution is 0.473. The monoisotopic (exact) mass is 350 g/mol. The van der Waals surface area contributed by atoms with Crippen LogP contribution in [0.5, 0.6) is 5.75 Å². The number of hydrogen-bond acceptors (Lipinski definition) is 6. The third-order valence-corrected chi connectivity index (χ3v) is 4.56. The van der Waals surface area contributed by atoms with Crippen LogP contribution in [-0.2, 0) is 0 Å². The smallest absolute Gasteiger partial charge is 0.345 e. The van der Waals surface area contributed by atoms with Crippen molar-refractivity contribution >= 4 is 33.1 Å². The van der Waals surface area contributed by atoms with E-state index in [-0.39, 0.29) is 5.75 Å². The van der Waals surface area contributed by atoms with Crippen molar-refractivity contribution in [2.75, 3.05) is 5.32 Å². The number of anilines is 2. The average Bonchev–Trinajstić information content (AvgIpc) is 3.04. The highest BCUT2D eigenvalue weighted by molar-refractivity contribution is 7.14. The van der Waals surface area contributed by atoms with Gasteiger partial charge in [-0.05, 0) is 37.3 Å². The van der Waals surface area contributed by atoms with E-state index >= 15 is 0 Å². The van der Waals surface area contributed by atoms with E-state index in [9.17, 15) is 9.90 Å². The number of hydrogen-bond donors (Lipinski definition) is 2. The van der Waals surface area contributed by atoms with Gasteiger partial charge in [0, 0.05) is 22.5 Å². The van der Waals surface area contributed by atoms with Crippen molar-refractivity contribution < 1.29 is 9.52 Å². The number of aryl methyl sites for hydroxylation is 1. The molecule has 4 aromatic rings. The summed E-state index contributed by atoms with van der Waals surface area (Å²) < 4.78 is 5.30. The molecule has 0 radical (unpaired) electrons. The van der Waals surface area contributed by atoms with Crippen LogP contribution >= 0.6 is 11.3 Å². The number of benzene rings is 2. The third kappa shape index (κ3) is 3.12. The third-order valence-electron chi connectivity index (χ3n) is 3.80. The second-order valence-corrected chi connectivity index (χ2v) is 6.56. The topological polar surface area (TPSA) is 75.4 Å². The minimum atomic E-state index is -0.481. The van der Waals surface area contributed by atoms with Gasteiger partial charge in [-0.2, -0.15) is 0 Å². The van der Waals surface area contributed by atoms with Crippen LogP contribution in [0.25, 0.3) is 22.2 Å². The predicted octanol–water partition coefficient (Wildman–Crippen LogP) is 4.67. The fraction of sp³-hybridized carbons (Fsp3) is 0.0526. The summed E-state index contributed by atoms with van der Waals surface area (Å²) in [5.41, 5.74) is 2.94. The lowest BCUT2D eigenvalue weighted by Crippen LogP contribution is -2.03. The molecule has 0 bridgehead atoms. The Balaban J connectivity index is 1.68. The van der Waals surface area contributed by atoms with E-state index in [4.69, 9.17) is 4.42 Å². The highest BCUT2D eigenvalue weighted by Gasteiger charge is 2.12. The molecule has 124 valence electrons. The van der Waals surface area contributed by atoms with Gasteiger partial charge in [0.2, 0.25) is 0 Å². The molecular weight excluding hydrogens is 336 g/mol. The molecule has 2 heterocycles. The van der Waals surface area contributed by atoms with Gasteiger partial charge in [-0.15, -0.1) is 11.3 Å². The lowest BCUT2D eigenvalue weighted by Gasteiger charge is -2.02. The van der Waals surface area contributed by atoms with Gasteiger partial charge in [0.05, 0.1) is 11.3 Å². The van der Waals surface area contributed by atoms with E-state index in [1.165, 1.54) is 23.0 Å². The molecule has 6 heteroatoms. The van der Waals surface area contributed by atoms with Crippen molar-refractivity contribution in [2.24, 2.45) is 0 Å². The summed E-state index contributed by atoms with van der Waals surface area (Å²) >= 11 is 1.42. The van der Waals surface area contributed by atoms with Crippen molar-refractivity contribution in [3.63, 3.8) is 0 Å². The zero-order chi connectivity index (χ0) is 17.4. The number of aromatic nitrogens is 1. The minimum absolute atomic E-state index is 0.0571. The van der Waals surface area contributed by atoms with Crippen LogP contribution in [-0.4, -0.2) is 10.1 Å². The molecule has 0 aliphatic rings. The molecule has 2 aromatic carbocycles. The highest BCUT2D eigenvalue weighted by atomic mass is 32.1. The number of thiazole rings is 1. The zero-order valence-corrected chi connectivity index (χ0v) is 14.1. The van der Waals surface area contributed by atoms with Crippen LogP contribution in [0.2, 0.25) is 0 Å². The molecule has 2 aromatic heterocycles. The summed E-state index contributed by atoms with van der Waals surface area (Å²) in [6.45, 7) is 2.03. The van der Waals surface area contributed by atoms with Gasteiger partial charge >= 0.3 is 5.63 Å². The Morgan fingerprint density at radius 2 is 1.92 bits per heavy atom. The molecule has 0 spiro atoms. The Kier molecular flexibility index (Phi) is 3.74. The highest BCUT2D eigenvalue weighted by Crippen LogP contribution is 2.28. The molecule has 0 amide bonds. The van der Waals surface area contributed by atoms with Crippen molar-refractivity contribution in [3.8, 4) is 17.0 Å². The predicted molar refractivity (Wildman–Crippen MR) is 99.7 cm³/mol. The largest absolute Gasteiger partial charge is 0.508 e. The Morgan fingerprint density at radius 3 is 2.72 bits per heavy atom. The van der Waals surface area contributed by atoms with Gasteiger partial charge in [0.15, 0.2) is 5.13 Å². The van der Waals surface area contributed by atoms with Crippen molar-refractivity contribution in [3.05, 3.63) is 69.9 Å². The van der Waals surface area contributed by atoms with Crippen molar-refractivity contribution in [1.29, 1.82) is 0 Å². The Hall–Kier alpha value is -3.12. The first-order valence-corrected chi connectivity index (χ1v) is 8.53. The number of phenolic OH excluding ortho intramolecular Hbond substituents is 1. The molecule has 0 fully saturated rings. The van der Waals surface area contributed by atoms with E-state index in [2.05, 4.69) is 10.3 Å². The molecule has 2 N–H and O–H groups in total. The van der Waals surface area contributed by atoms with Gasteiger partial charge in [-0.25, -0.2) is 9.78 Å². The molecule has 0 unspecified atom stereocenters. The maximum Gasteiger partial charge on any atom is 0.345 e. The number of phenols is 1. The Bertz CT molecular complexity index is 1110. The number of nitrogens with zero attached hydrogens (tertiary/aromatic N) is 1. The maximum atomic E-state index is 12.2. The molecular formula is C19H14N2O3S. The Morgan fingerprint density at radius 1 is 1.12 bits per heavy atom. The van der Waals surface area contributed by atoms with E-state index in [0.29, 0.717) is 22.0 Å². The van der Waals surface area contributed by atoms with Gasteiger partial charge in [-0.1, -0.05) is 17.7 Å². The van der Waals surface area contributed by atoms with Crippen LogP contribution < -0.4 is 10.9 Å². The molecule has 4 rings (SSSR count). The van der Waals surface area contributed by atoms with Crippen LogP contribution in [0.15, 0.2) is 63.1 Å². The van der Waals surface area contributed by atoms with Crippen molar-refractivity contribution in [2.45, 2.75) is 6.92 Å². The van der Waals surface area contributed by atoms with E-state index in [0.717, 1.165) is 11.1 Å². The molecule has 0 saturated carbocycles. The van der Waals surface area contributed by atoms with Crippen LogP contribution in [0.3, 0.4) is 0 Å². The van der Waals surface area contributed by atoms with Crippen LogP contribution in [0.1, 0.15) is 5.56 Å². The van der Waals surface area contributed by atoms with Crippen molar-refractivity contribution in [1.82, 2.24) is 4.98 Å². The lowest BCUT2D eigenvalue weighted by atomic mass is 10.1. The molecule has 0 aliphatic carbocycles. The molecule has 0 atom stereocenters. The first kappa shape index (κ1) is 15.4. The van der Waals surface area contributed by atoms with Gasteiger partial charge in [0.1, 0.15) is 11.3 Å². The summed E-state index contributed by atoms with van der Waals surface area (Å²) in [5, 5.41) is 16.0. The first-order chi connectivity index (χ1) is 12.1. The average molecular weight is 350 g/mol. The number of rotatable bonds is 3. The standard InChI is InChI=1S/C19H14N2O3S/c1-11-2-5-13(6-3-11)20-19-21-16(10-25-19)15-8-12-4-7-14(22)9-17(12)24-18(15)23/h2-10,22H,1H3,(H,20,21). The van der Waals surface area contributed by atoms with Crippen LogP contribution in [0.4, 0.5) is 10.8 Å². The summed E-state index contributed by atoms with van der Waals surface area (Å²) in [6.07, 6.45) is 0. The summed E-state index contributed by atoms with van der Waals surface area (Å²) in [4.78, 5) is 16.7. The molecule has 5 nitrogen and oxygen atoms in total. The second-order valence-electron chi connectivity index (χ2n) is 5.70. The quantitative estimate of drug-likeness (QED) is 0.525.